The fraction of sp³-hybridized carbons (Fsp3) is 0.588. The number of amides is 3. The summed E-state index contributed by atoms with van der Waals surface area (Å²) in [5, 5.41) is 2.42. The van der Waals surface area contributed by atoms with Crippen molar-refractivity contribution in [2.75, 3.05) is 64.8 Å². The zero-order chi connectivity index (χ0) is 22.1. The number of ether oxygens (including phenoxy) is 2. The molecule has 166 valence electrons. The van der Waals surface area contributed by atoms with Gasteiger partial charge >= 0.3 is 5.97 Å². The van der Waals surface area contributed by atoms with E-state index in [9.17, 15) is 19.2 Å². The second kappa shape index (κ2) is 11.4. The van der Waals surface area contributed by atoms with E-state index in [0.29, 0.717) is 32.8 Å². The van der Waals surface area contributed by atoms with E-state index >= 15 is 0 Å². The van der Waals surface area contributed by atoms with Gasteiger partial charge in [-0.05, 0) is 18.5 Å². The number of aromatic nitrogens is 1. The van der Waals surface area contributed by atoms with Crippen LogP contribution in [0.15, 0.2) is 0 Å². The van der Waals surface area contributed by atoms with Crippen LogP contribution in [-0.4, -0.2) is 97.0 Å². The standard InChI is InChI=1S/C17H26N6O6S/c1-2-29-12(25)9-20-11(24)10-23(4-3-22-5-7-28-8-6-22)17(27)15-13(18)14(16(19)26)21-30-15/h2-10,18H2,1H3,(H2,19,26)(H,20,24). The van der Waals surface area contributed by atoms with Gasteiger partial charge in [-0.15, -0.1) is 0 Å². The second-order valence-electron chi connectivity index (χ2n) is 6.40. The van der Waals surface area contributed by atoms with Crippen molar-refractivity contribution in [3.63, 3.8) is 0 Å². The highest BCUT2D eigenvalue weighted by Crippen LogP contribution is 2.23. The first-order chi connectivity index (χ1) is 14.3. The van der Waals surface area contributed by atoms with Gasteiger partial charge in [-0.1, -0.05) is 0 Å². The van der Waals surface area contributed by atoms with Gasteiger partial charge in [-0.25, -0.2) is 0 Å². The third kappa shape index (κ3) is 6.64. The molecule has 3 amide bonds. The number of carbonyl (C=O) groups excluding carboxylic acids is 4. The molecule has 0 aliphatic carbocycles. The molecule has 1 aromatic rings. The number of esters is 1. The van der Waals surface area contributed by atoms with Crippen molar-refractivity contribution in [3.05, 3.63) is 10.6 Å². The van der Waals surface area contributed by atoms with Gasteiger partial charge < -0.3 is 31.2 Å². The first-order valence-electron chi connectivity index (χ1n) is 9.40. The number of nitrogen functional groups attached to an aromatic ring is 1. The molecule has 0 atom stereocenters. The highest BCUT2D eigenvalue weighted by Gasteiger charge is 2.27. The summed E-state index contributed by atoms with van der Waals surface area (Å²) < 4.78 is 13.9. The van der Waals surface area contributed by atoms with Crippen LogP contribution in [0.3, 0.4) is 0 Å². The number of hydrogen-bond donors (Lipinski definition) is 3. The number of nitrogens with zero attached hydrogens (tertiary/aromatic N) is 3. The Bertz CT molecular complexity index is 779. The summed E-state index contributed by atoms with van der Waals surface area (Å²) in [6.07, 6.45) is 0. The highest BCUT2D eigenvalue weighted by molar-refractivity contribution is 7.09. The number of carbonyl (C=O) groups is 4. The first kappa shape index (κ1) is 23.5. The summed E-state index contributed by atoms with van der Waals surface area (Å²) >= 11 is 0.748. The van der Waals surface area contributed by atoms with Crippen molar-refractivity contribution < 1.29 is 28.7 Å². The van der Waals surface area contributed by atoms with Crippen molar-refractivity contribution in [2.45, 2.75) is 6.92 Å². The lowest BCUT2D eigenvalue weighted by atomic mass is 10.2. The minimum atomic E-state index is -0.838. The van der Waals surface area contributed by atoms with Crippen LogP contribution in [0.25, 0.3) is 0 Å². The maximum Gasteiger partial charge on any atom is 0.325 e. The number of primary amides is 1. The summed E-state index contributed by atoms with van der Waals surface area (Å²) in [5.41, 5.74) is 10.8. The molecule has 1 aliphatic heterocycles. The third-order valence-electron chi connectivity index (χ3n) is 4.30. The maximum atomic E-state index is 13.0. The number of morpholine rings is 1. The fourth-order valence-corrected chi connectivity index (χ4v) is 3.50. The molecule has 0 aromatic carbocycles. The summed E-state index contributed by atoms with van der Waals surface area (Å²) in [6, 6.07) is 0. The van der Waals surface area contributed by atoms with Gasteiger partial charge in [-0.2, -0.15) is 4.37 Å². The van der Waals surface area contributed by atoms with Crippen molar-refractivity contribution in [2.24, 2.45) is 5.73 Å². The highest BCUT2D eigenvalue weighted by atomic mass is 32.1. The Morgan fingerprint density at radius 2 is 2.00 bits per heavy atom. The van der Waals surface area contributed by atoms with Crippen molar-refractivity contribution >= 4 is 40.9 Å². The number of hydrogen-bond acceptors (Lipinski definition) is 10. The lowest BCUT2D eigenvalue weighted by Crippen LogP contribution is -2.47. The molecule has 1 fully saturated rings. The van der Waals surface area contributed by atoms with Gasteiger partial charge in [0.05, 0.1) is 32.1 Å². The molecule has 13 heteroatoms. The van der Waals surface area contributed by atoms with E-state index in [1.54, 1.807) is 6.92 Å². The van der Waals surface area contributed by atoms with E-state index in [1.165, 1.54) is 4.90 Å². The molecule has 0 bridgehead atoms. The molecule has 12 nitrogen and oxygen atoms in total. The van der Waals surface area contributed by atoms with E-state index in [2.05, 4.69) is 14.6 Å². The average Bonchev–Trinajstić information content (AvgIpc) is 3.11. The molecule has 5 N–H and O–H groups in total. The molecular weight excluding hydrogens is 416 g/mol. The third-order valence-corrected chi connectivity index (χ3v) is 5.15. The molecule has 1 aromatic heterocycles. The van der Waals surface area contributed by atoms with Crippen molar-refractivity contribution in [1.82, 2.24) is 19.5 Å². The van der Waals surface area contributed by atoms with Crippen LogP contribution in [0.4, 0.5) is 5.69 Å². The van der Waals surface area contributed by atoms with Crippen LogP contribution in [0.2, 0.25) is 0 Å². The van der Waals surface area contributed by atoms with Crippen LogP contribution < -0.4 is 16.8 Å². The minimum Gasteiger partial charge on any atom is -0.465 e. The number of anilines is 1. The van der Waals surface area contributed by atoms with Gasteiger partial charge in [0.15, 0.2) is 5.69 Å². The summed E-state index contributed by atoms with van der Waals surface area (Å²) in [7, 11) is 0. The topological polar surface area (TPSA) is 170 Å². The van der Waals surface area contributed by atoms with E-state index < -0.39 is 23.7 Å². The van der Waals surface area contributed by atoms with Crippen LogP contribution >= 0.6 is 11.5 Å². The molecule has 1 aliphatic rings. The molecule has 2 rings (SSSR count). The monoisotopic (exact) mass is 442 g/mol. The molecule has 0 radical (unpaired) electrons. The second-order valence-corrected chi connectivity index (χ2v) is 7.17. The summed E-state index contributed by atoms with van der Waals surface area (Å²) in [6.45, 7) is 4.62. The first-order valence-corrected chi connectivity index (χ1v) is 10.2. The number of nitrogens with one attached hydrogen (secondary N) is 1. The Morgan fingerprint density at radius 1 is 1.30 bits per heavy atom. The predicted molar refractivity (Wildman–Crippen MR) is 108 cm³/mol. The molecule has 30 heavy (non-hydrogen) atoms. The molecular formula is C17H26N6O6S. The minimum absolute atomic E-state index is 0.0315. The summed E-state index contributed by atoms with van der Waals surface area (Å²) in [4.78, 5) is 51.5. The molecule has 1 saturated heterocycles. The average molecular weight is 442 g/mol. The van der Waals surface area contributed by atoms with Crippen LogP contribution in [0, 0.1) is 0 Å². The van der Waals surface area contributed by atoms with Crippen LogP contribution in [0.5, 0.6) is 0 Å². The van der Waals surface area contributed by atoms with E-state index in [0.717, 1.165) is 11.5 Å². The SMILES string of the molecule is CCOC(=O)CNC(=O)CN(CCN1CCOCC1)C(=O)c1snc(C(N)=O)c1N. The number of rotatable bonds is 10. The lowest BCUT2D eigenvalue weighted by Gasteiger charge is -2.29. The Labute approximate surface area is 177 Å². The predicted octanol–water partition coefficient (Wildman–Crippen LogP) is -1.72. The van der Waals surface area contributed by atoms with Gasteiger partial charge in [0.1, 0.15) is 11.4 Å². The van der Waals surface area contributed by atoms with Gasteiger partial charge in [-0.3, -0.25) is 24.1 Å². The lowest BCUT2D eigenvalue weighted by molar-refractivity contribution is -0.143. The molecule has 0 spiro atoms. The Morgan fingerprint density at radius 3 is 2.60 bits per heavy atom. The van der Waals surface area contributed by atoms with Gasteiger partial charge in [0, 0.05) is 26.2 Å². The van der Waals surface area contributed by atoms with E-state index in [4.69, 9.17) is 20.9 Å². The molecule has 0 unspecified atom stereocenters. The largest absolute Gasteiger partial charge is 0.465 e. The Hall–Kier alpha value is -2.77. The van der Waals surface area contributed by atoms with Crippen molar-refractivity contribution in [1.29, 1.82) is 0 Å². The van der Waals surface area contributed by atoms with Crippen LogP contribution in [0.1, 0.15) is 27.1 Å². The smallest absolute Gasteiger partial charge is 0.325 e. The molecule has 0 saturated carbocycles. The number of nitrogens with two attached hydrogens (primary N) is 2. The van der Waals surface area contributed by atoms with Crippen LogP contribution in [-0.2, 0) is 19.1 Å². The quantitative estimate of drug-likeness (QED) is 0.356. The zero-order valence-corrected chi connectivity index (χ0v) is 17.5. The van der Waals surface area contributed by atoms with E-state index in [1.807, 2.05) is 0 Å². The summed E-state index contributed by atoms with van der Waals surface area (Å²) in [5.74, 6) is -2.49. The van der Waals surface area contributed by atoms with Crippen molar-refractivity contribution in [3.8, 4) is 0 Å². The fourth-order valence-electron chi connectivity index (χ4n) is 2.72. The zero-order valence-electron chi connectivity index (χ0n) is 16.7. The maximum absolute atomic E-state index is 13.0. The van der Waals surface area contributed by atoms with E-state index in [-0.39, 0.29) is 42.5 Å². The normalized spacial score (nSPS) is 14.2. The van der Waals surface area contributed by atoms with Gasteiger partial charge in [0.25, 0.3) is 11.8 Å². The van der Waals surface area contributed by atoms with Gasteiger partial charge in [0.2, 0.25) is 5.91 Å². The molecule has 2 heterocycles. The Kier molecular flexibility index (Phi) is 8.95. The Balaban J connectivity index is 2.07.